The van der Waals surface area contributed by atoms with Crippen molar-refractivity contribution >= 4 is 17.6 Å². The highest BCUT2D eigenvalue weighted by molar-refractivity contribution is 6.30. The van der Waals surface area contributed by atoms with E-state index in [2.05, 4.69) is 5.10 Å². The van der Waals surface area contributed by atoms with E-state index in [0.717, 1.165) is 54.6 Å². The molecule has 1 N–H and O–H groups in total. The standard InChI is InChI=1S/C16H17ClN2O2/c1-10-7-8-11(17)9-14(10)19-13-6-4-2-3-5-12(13)15(18-19)16(20)21/h7-9H,2-6H2,1H3,(H,20,21). The Labute approximate surface area is 128 Å². The number of aromatic nitrogens is 2. The van der Waals surface area contributed by atoms with Gasteiger partial charge in [0.1, 0.15) is 0 Å². The Bertz CT molecular complexity index is 707. The van der Waals surface area contributed by atoms with Gasteiger partial charge >= 0.3 is 5.97 Å². The average molecular weight is 305 g/mol. The van der Waals surface area contributed by atoms with E-state index in [1.54, 1.807) is 4.68 Å². The Morgan fingerprint density at radius 1 is 1.29 bits per heavy atom. The number of nitrogens with zero attached hydrogens (tertiary/aromatic N) is 2. The second-order valence-corrected chi connectivity index (χ2v) is 5.92. The van der Waals surface area contributed by atoms with Crippen LogP contribution in [0.2, 0.25) is 5.02 Å². The smallest absolute Gasteiger partial charge is 0.356 e. The summed E-state index contributed by atoms with van der Waals surface area (Å²) in [4.78, 5) is 11.5. The molecule has 1 aromatic carbocycles. The number of hydrogen-bond acceptors (Lipinski definition) is 2. The Morgan fingerprint density at radius 3 is 2.81 bits per heavy atom. The van der Waals surface area contributed by atoms with E-state index in [-0.39, 0.29) is 5.69 Å². The Balaban J connectivity index is 2.23. The lowest BCUT2D eigenvalue weighted by Gasteiger charge is -2.10. The first-order valence-corrected chi connectivity index (χ1v) is 7.56. The number of carbonyl (C=O) groups is 1. The van der Waals surface area contributed by atoms with Crippen molar-refractivity contribution in [3.63, 3.8) is 0 Å². The summed E-state index contributed by atoms with van der Waals surface area (Å²) in [7, 11) is 0. The van der Waals surface area contributed by atoms with Crippen LogP contribution in [-0.4, -0.2) is 20.9 Å². The molecule has 0 spiro atoms. The SMILES string of the molecule is Cc1ccc(Cl)cc1-n1nc(C(=O)O)c2c1CCCCC2. The van der Waals surface area contributed by atoms with Gasteiger partial charge in [0.15, 0.2) is 5.69 Å². The van der Waals surface area contributed by atoms with Gasteiger partial charge in [0.05, 0.1) is 5.69 Å². The number of aryl methyl sites for hydroxylation is 1. The summed E-state index contributed by atoms with van der Waals surface area (Å²) in [6.45, 7) is 1.98. The molecule has 1 heterocycles. The maximum Gasteiger partial charge on any atom is 0.356 e. The highest BCUT2D eigenvalue weighted by atomic mass is 35.5. The van der Waals surface area contributed by atoms with Gasteiger partial charge < -0.3 is 5.11 Å². The fourth-order valence-corrected chi connectivity index (χ4v) is 3.12. The average Bonchev–Trinajstić information content (AvgIpc) is 2.64. The number of halogens is 1. The third-order valence-electron chi connectivity index (χ3n) is 4.03. The van der Waals surface area contributed by atoms with Crippen LogP contribution in [-0.2, 0) is 12.8 Å². The second kappa shape index (κ2) is 5.53. The van der Waals surface area contributed by atoms with Crippen LogP contribution in [0.15, 0.2) is 18.2 Å². The Kier molecular flexibility index (Phi) is 3.72. The normalized spacial score (nSPS) is 14.6. The molecule has 5 heteroatoms. The molecule has 0 atom stereocenters. The number of hydrogen-bond donors (Lipinski definition) is 1. The molecule has 0 unspecified atom stereocenters. The van der Waals surface area contributed by atoms with Crippen molar-refractivity contribution in [1.29, 1.82) is 0 Å². The maximum atomic E-state index is 11.5. The zero-order valence-corrected chi connectivity index (χ0v) is 12.7. The molecule has 0 radical (unpaired) electrons. The highest BCUT2D eigenvalue weighted by Gasteiger charge is 2.24. The van der Waals surface area contributed by atoms with Gasteiger partial charge in [-0.1, -0.05) is 24.1 Å². The summed E-state index contributed by atoms with van der Waals surface area (Å²) >= 11 is 6.09. The fraction of sp³-hybridized carbons (Fsp3) is 0.375. The van der Waals surface area contributed by atoms with E-state index >= 15 is 0 Å². The highest BCUT2D eigenvalue weighted by Crippen LogP contribution is 2.28. The second-order valence-electron chi connectivity index (χ2n) is 5.48. The van der Waals surface area contributed by atoms with Crippen molar-refractivity contribution < 1.29 is 9.90 Å². The van der Waals surface area contributed by atoms with E-state index in [0.29, 0.717) is 5.02 Å². The van der Waals surface area contributed by atoms with Crippen molar-refractivity contribution in [2.45, 2.75) is 39.0 Å². The van der Waals surface area contributed by atoms with Gasteiger partial charge in [0, 0.05) is 16.3 Å². The fourth-order valence-electron chi connectivity index (χ4n) is 2.96. The molecule has 0 saturated carbocycles. The quantitative estimate of drug-likeness (QED) is 0.859. The predicted molar refractivity (Wildman–Crippen MR) is 81.5 cm³/mol. The number of fused-ring (bicyclic) bond motifs is 1. The molecule has 4 nitrogen and oxygen atoms in total. The van der Waals surface area contributed by atoms with Gasteiger partial charge in [-0.05, 0) is 50.3 Å². The molecule has 2 aromatic rings. The van der Waals surface area contributed by atoms with Gasteiger partial charge in [0.2, 0.25) is 0 Å². The first-order valence-electron chi connectivity index (χ1n) is 7.18. The molecular weight excluding hydrogens is 288 g/mol. The molecule has 3 rings (SSSR count). The Hall–Kier alpha value is -1.81. The number of rotatable bonds is 2. The van der Waals surface area contributed by atoms with Crippen LogP contribution in [0.3, 0.4) is 0 Å². The summed E-state index contributed by atoms with van der Waals surface area (Å²) in [5.74, 6) is -0.952. The lowest BCUT2D eigenvalue weighted by molar-refractivity contribution is 0.0688. The predicted octanol–water partition coefficient (Wildman–Crippen LogP) is 3.80. The van der Waals surface area contributed by atoms with Gasteiger partial charge in [-0.3, -0.25) is 0 Å². The molecule has 110 valence electrons. The molecule has 0 amide bonds. The zero-order chi connectivity index (χ0) is 15.0. The molecule has 21 heavy (non-hydrogen) atoms. The largest absolute Gasteiger partial charge is 0.476 e. The molecule has 0 aliphatic heterocycles. The minimum Gasteiger partial charge on any atom is -0.476 e. The van der Waals surface area contributed by atoms with Crippen molar-refractivity contribution in [1.82, 2.24) is 9.78 Å². The minimum atomic E-state index is -0.952. The Morgan fingerprint density at radius 2 is 2.05 bits per heavy atom. The molecular formula is C16H17ClN2O2. The summed E-state index contributed by atoms with van der Waals surface area (Å²) in [6, 6.07) is 5.62. The van der Waals surface area contributed by atoms with Crippen molar-refractivity contribution in [3.8, 4) is 5.69 Å². The van der Waals surface area contributed by atoms with E-state index < -0.39 is 5.97 Å². The van der Waals surface area contributed by atoms with Gasteiger partial charge in [-0.25, -0.2) is 9.48 Å². The first kappa shape index (κ1) is 14.1. The number of aromatic carboxylic acids is 1. The van der Waals surface area contributed by atoms with E-state index in [9.17, 15) is 9.90 Å². The first-order chi connectivity index (χ1) is 10.1. The molecule has 0 bridgehead atoms. The maximum absolute atomic E-state index is 11.5. The summed E-state index contributed by atoms with van der Waals surface area (Å²) < 4.78 is 1.78. The molecule has 1 aliphatic carbocycles. The van der Waals surface area contributed by atoms with Crippen molar-refractivity contribution in [3.05, 3.63) is 45.7 Å². The monoisotopic (exact) mass is 304 g/mol. The van der Waals surface area contributed by atoms with Gasteiger partial charge in [-0.2, -0.15) is 5.10 Å². The van der Waals surface area contributed by atoms with Crippen LogP contribution in [0.1, 0.15) is 46.6 Å². The van der Waals surface area contributed by atoms with E-state index in [4.69, 9.17) is 11.6 Å². The molecule has 1 aliphatic rings. The molecule has 0 fully saturated rings. The van der Waals surface area contributed by atoms with Gasteiger partial charge in [-0.15, -0.1) is 0 Å². The summed E-state index contributed by atoms with van der Waals surface area (Å²) in [6.07, 6.45) is 4.87. The summed E-state index contributed by atoms with van der Waals surface area (Å²) in [5, 5.41) is 14.4. The lowest BCUT2D eigenvalue weighted by Crippen LogP contribution is -2.05. The van der Waals surface area contributed by atoms with Gasteiger partial charge in [0.25, 0.3) is 0 Å². The number of carboxylic acid groups (broad SMARTS) is 1. The topological polar surface area (TPSA) is 55.1 Å². The zero-order valence-electron chi connectivity index (χ0n) is 11.9. The van der Waals surface area contributed by atoms with E-state index in [1.807, 2.05) is 25.1 Å². The van der Waals surface area contributed by atoms with Crippen molar-refractivity contribution in [2.75, 3.05) is 0 Å². The van der Waals surface area contributed by atoms with Crippen LogP contribution < -0.4 is 0 Å². The minimum absolute atomic E-state index is 0.186. The van der Waals surface area contributed by atoms with Crippen LogP contribution in [0.4, 0.5) is 0 Å². The molecule has 0 saturated heterocycles. The van der Waals surface area contributed by atoms with Crippen LogP contribution >= 0.6 is 11.6 Å². The van der Waals surface area contributed by atoms with Crippen LogP contribution in [0, 0.1) is 6.92 Å². The van der Waals surface area contributed by atoms with Crippen LogP contribution in [0.5, 0.6) is 0 Å². The lowest BCUT2D eigenvalue weighted by atomic mass is 10.1. The third-order valence-corrected chi connectivity index (χ3v) is 4.27. The van der Waals surface area contributed by atoms with Crippen molar-refractivity contribution in [2.24, 2.45) is 0 Å². The number of carboxylic acids is 1. The third kappa shape index (κ3) is 2.56. The molecule has 1 aromatic heterocycles. The number of benzene rings is 1. The summed E-state index contributed by atoms with van der Waals surface area (Å²) in [5.41, 5.74) is 4.00. The van der Waals surface area contributed by atoms with Crippen LogP contribution in [0.25, 0.3) is 5.69 Å². The van der Waals surface area contributed by atoms with E-state index in [1.165, 1.54) is 0 Å².